The summed E-state index contributed by atoms with van der Waals surface area (Å²) >= 11 is 0. The third-order valence-corrected chi connectivity index (χ3v) is 3.66. The molecule has 1 atom stereocenters. The summed E-state index contributed by atoms with van der Waals surface area (Å²) in [4.78, 5) is 0. The fourth-order valence-electron chi connectivity index (χ4n) is 2.47. The molecule has 1 aliphatic rings. The highest BCUT2D eigenvalue weighted by Gasteiger charge is 2.16. The molecular formula is C18H25NO. The Morgan fingerprint density at radius 1 is 1.20 bits per heavy atom. The number of allylic oxidation sites excluding steroid dienone is 3. The van der Waals surface area contributed by atoms with Crippen LogP contribution in [0.15, 0.2) is 53.8 Å². The number of ether oxygens (including phenoxy) is 1. The van der Waals surface area contributed by atoms with Gasteiger partial charge in [0.25, 0.3) is 0 Å². The van der Waals surface area contributed by atoms with E-state index < -0.39 is 0 Å². The number of hydrogen-bond acceptors (Lipinski definition) is 2. The largest absolute Gasteiger partial charge is 0.493 e. The highest BCUT2D eigenvalue weighted by molar-refractivity contribution is 5.23. The Bertz CT molecular complexity index is 462. The van der Waals surface area contributed by atoms with Gasteiger partial charge in [-0.2, -0.15) is 0 Å². The van der Waals surface area contributed by atoms with Gasteiger partial charge in [-0.1, -0.05) is 55.8 Å². The summed E-state index contributed by atoms with van der Waals surface area (Å²) in [6.45, 7) is 7.18. The zero-order valence-corrected chi connectivity index (χ0v) is 12.6. The van der Waals surface area contributed by atoms with Gasteiger partial charge >= 0.3 is 0 Å². The van der Waals surface area contributed by atoms with Crippen LogP contribution < -0.4 is 5.32 Å². The van der Waals surface area contributed by atoms with E-state index in [1.807, 2.05) is 6.07 Å². The summed E-state index contributed by atoms with van der Waals surface area (Å²) in [6.07, 6.45) is 6.64. The fourth-order valence-corrected chi connectivity index (χ4v) is 2.47. The first-order valence-electron chi connectivity index (χ1n) is 7.56. The summed E-state index contributed by atoms with van der Waals surface area (Å²) < 4.78 is 5.96. The van der Waals surface area contributed by atoms with E-state index in [4.69, 9.17) is 4.74 Å². The van der Waals surface area contributed by atoms with Crippen molar-refractivity contribution in [2.24, 2.45) is 5.92 Å². The summed E-state index contributed by atoms with van der Waals surface area (Å²) in [6, 6.07) is 10.3. The van der Waals surface area contributed by atoms with Crippen molar-refractivity contribution in [3.63, 3.8) is 0 Å². The second kappa shape index (κ2) is 7.91. The standard InChI is InChI=1S/C18H25NO/c1-3-19-12-11-16-9-10-18(15(2)13-16)20-14-17-7-5-4-6-8-17/h4-10,15,19H,3,11-14H2,1-2H3. The Balaban J connectivity index is 1.85. The quantitative estimate of drug-likeness (QED) is 0.755. The molecule has 1 aromatic rings. The minimum atomic E-state index is 0.486. The van der Waals surface area contributed by atoms with Gasteiger partial charge in [-0.05, 0) is 37.6 Å². The van der Waals surface area contributed by atoms with Crippen molar-refractivity contribution < 1.29 is 4.74 Å². The lowest BCUT2D eigenvalue weighted by molar-refractivity contribution is 0.166. The van der Waals surface area contributed by atoms with Gasteiger partial charge in [-0.15, -0.1) is 0 Å². The van der Waals surface area contributed by atoms with Crippen molar-refractivity contribution in [2.75, 3.05) is 13.1 Å². The smallest absolute Gasteiger partial charge is 0.113 e. The van der Waals surface area contributed by atoms with E-state index in [0.717, 1.165) is 31.7 Å². The van der Waals surface area contributed by atoms with Crippen molar-refractivity contribution in [2.45, 2.75) is 33.3 Å². The molecular weight excluding hydrogens is 246 g/mol. The van der Waals surface area contributed by atoms with Gasteiger partial charge in [0.2, 0.25) is 0 Å². The lowest BCUT2D eigenvalue weighted by Crippen LogP contribution is -2.16. The zero-order chi connectivity index (χ0) is 14.2. The van der Waals surface area contributed by atoms with E-state index in [1.54, 1.807) is 0 Å². The van der Waals surface area contributed by atoms with Gasteiger partial charge in [-0.3, -0.25) is 0 Å². The second-order valence-corrected chi connectivity index (χ2v) is 5.38. The summed E-state index contributed by atoms with van der Waals surface area (Å²) in [5.74, 6) is 1.60. The predicted octanol–water partition coefficient (Wildman–Crippen LogP) is 4.05. The van der Waals surface area contributed by atoms with E-state index in [0.29, 0.717) is 12.5 Å². The third-order valence-electron chi connectivity index (χ3n) is 3.66. The number of benzene rings is 1. The van der Waals surface area contributed by atoms with Crippen molar-refractivity contribution in [1.82, 2.24) is 5.32 Å². The molecule has 1 unspecified atom stereocenters. The molecule has 20 heavy (non-hydrogen) atoms. The van der Waals surface area contributed by atoms with Crippen LogP contribution in [0.5, 0.6) is 0 Å². The van der Waals surface area contributed by atoms with Crippen LogP contribution in [0.1, 0.15) is 32.3 Å². The Labute approximate surface area is 122 Å². The average molecular weight is 271 g/mol. The number of rotatable bonds is 7. The molecule has 2 heteroatoms. The molecule has 0 fully saturated rings. The SMILES string of the molecule is CCNCCC1=CC=C(OCc2ccccc2)C(C)C1. The van der Waals surface area contributed by atoms with Crippen LogP contribution in [0.4, 0.5) is 0 Å². The Morgan fingerprint density at radius 3 is 2.70 bits per heavy atom. The van der Waals surface area contributed by atoms with Gasteiger partial charge < -0.3 is 10.1 Å². The molecule has 0 radical (unpaired) electrons. The van der Waals surface area contributed by atoms with Crippen LogP contribution in [0.2, 0.25) is 0 Å². The average Bonchev–Trinajstić information content (AvgIpc) is 2.48. The number of hydrogen-bond donors (Lipinski definition) is 1. The molecule has 0 amide bonds. The topological polar surface area (TPSA) is 21.3 Å². The van der Waals surface area contributed by atoms with E-state index in [9.17, 15) is 0 Å². The van der Waals surface area contributed by atoms with Crippen LogP contribution in [-0.4, -0.2) is 13.1 Å². The van der Waals surface area contributed by atoms with Crippen LogP contribution in [0.25, 0.3) is 0 Å². The normalized spacial score (nSPS) is 18.4. The molecule has 2 nitrogen and oxygen atoms in total. The van der Waals surface area contributed by atoms with Crippen LogP contribution in [-0.2, 0) is 11.3 Å². The molecule has 108 valence electrons. The summed E-state index contributed by atoms with van der Waals surface area (Å²) in [5, 5.41) is 3.38. The third kappa shape index (κ3) is 4.53. The van der Waals surface area contributed by atoms with Gasteiger partial charge in [0.15, 0.2) is 0 Å². The maximum Gasteiger partial charge on any atom is 0.113 e. The van der Waals surface area contributed by atoms with E-state index in [-0.39, 0.29) is 0 Å². The molecule has 0 spiro atoms. The molecule has 0 aliphatic heterocycles. The number of nitrogens with one attached hydrogen (secondary N) is 1. The highest BCUT2D eigenvalue weighted by atomic mass is 16.5. The molecule has 0 aromatic heterocycles. The highest BCUT2D eigenvalue weighted by Crippen LogP contribution is 2.27. The van der Waals surface area contributed by atoms with Crippen LogP contribution in [0.3, 0.4) is 0 Å². The Kier molecular flexibility index (Phi) is 5.87. The lowest BCUT2D eigenvalue weighted by Gasteiger charge is -2.22. The first kappa shape index (κ1) is 14.9. The Hall–Kier alpha value is -1.54. The molecule has 1 aromatic carbocycles. The monoisotopic (exact) mass is 271 g/mol. The fraction of sp³-hybridized carbons (Fsp3) is 0.444. The van der Waals surface area contributed by atoms with Crippen LogP contribution >= 0.6 is 0 Å². The molecule has 0 bridgehead atoms. The second-order valence-electron chi connectivity index (χ2n) is 5.38. The molecule has 2 rings (SSSR count). The van der Waals surface area contributed by atoms with Crippen LogP contribution in [0, 0.1) is 5.92 Å². The van der Waals surface area contributed by atoms with E-state index >= 15 is 0 Å². The van der Waals surface area contributed by atoms with Crippen molar-refractivity contribution >= 4 is 0 Å². The maximum absolute atomic E-state index is 5.96. The minimum absolute atomic E-state index is 0.486. The van der Waals surface area contributed by atoms with Gasteiger partial charge in [0.05, 0.1) is 5.76 Å². The van der Waals surface area contributed by atoms with Gasteiger partial charge in [-0.25, -0.2) is 0 Å². The molecule has 1 aliphatic carbocycles. The summed E-state index contributed by atoms with van der Waals surface area (Å²) in [5.41, 5.74) is 2.74. The van der Waals surface area contributed by atoms with E-state index in [2.05, 4.69) is 55.6 Å². The van der Waals surface area contributed by atoms with Crippen molar-refractivity contribution in [3.05, 3.63) is 59.4 Å². The first-order valence-corrected chi connectivity index (χ1v) is 7.56. The van der Waals surface area contributed by atoms with E-state index in [1.165, 1.54) is 11.1 Å². The Morgan fingerprint density at radius 2 is 2.00 bits per heavy atom. The predicted molar refractivity (Wildman–Crippen MR) is 84.3 cm³/mol. The molecule has 1 N–H and O–H groups in total. The zero-order valence-electron chi connectivity index (χ0n) is 12.6. The molecule has 0 saturated heterocycles. The van der Waals surface area contributed by atoms with Crippen molar-refractivity contribution in [3.8, 4) is 0 Å². The molecule has 0 saturated carbocycles. The van der Waals surface area contributed by atoms with Gasteiger partial charge in [0.1, 0.15) is 6.61 Å². The van der Waals surface area contributed by atoms with Crippen molar-refractivity contribution in [1.29, 1.82) is 0 Å². The maximum atomic E-state index is 5.96. The van der Waals surface area contributed by atoms with Gasteiger partial charge in [0, 0.05) is 5.92 Å². The minimum Gasteiger partial charge on any atom is -0.493 e. The summed E-state index contributed by atoms with van der Waals surface area (Å²) in [7, 11) is 0. The first-order chi connectivity index (χ1) is 9.79. The lowest BCUT2D eigenvalue weighted by atomic mass is 9.92. The molecule has 0 heterocycles.